The molecule has 0 aliphatic heterocycles. The minimum atomic E-state index is -0.165. The second-order valence-corrected chi connectivity index (χ2v) is 7.15. The van der Waals surface area contributed by atoms with Crippen molar-refractivity contribution >= 4 is 11.9 Å². The summed E-state index contributed by atoms with van der Waals surface area (Å²) in [4.78, 5) is 28.8. The molecule has 6 atom stereocenters. The molecule has 3 fully saturated rings. The van der Waals surface area contributed by atoms with Crippen LogP contribution in [0.4, 0.5) is 0 Å². The standard InChI is InChI=1S/C18H22N2O3/c1-23-18(22)15-10-4-5-11(7-10)16(15)20-17(21)14-8-13(14)12-3-2-6-19-9-12/h2-3,6,9-11,13-16H,4-5,7-8H2,1H3,(H,20,21)/t10-,11-,13+,14-,15+,16-/m0/s1. The largest absolute Gasteiger partial charge is 0.469 e. The maximum absolute atomic E-state index is 12.6. The van der Waals surface area contributed by atoms with Crippen LogP contribution in [-0.4, -0.2) is 30.0 Å². The maximum atomic E-state index is 12.6. The molecule has 23 heavy (non-hydrogen) atoms. The van der Waals surface area contributed by atoms with Crippen molar-refractivity contribution in [2.75, 3.05) is 7.11 Å². The minimum Gasteiger partial charge on any atom is -0.469 e. The van der Waals surface area contributed by atoms with Gasteiger partial charge in [0.25, 0.3) is 0 Å². The Hall–Kier alpha value is -1.91. The first-order chi connectivity index (χ1) is 11.2. The van der Waals surface area contributed by atoms with Crippen molar-refractivity contribution in [3.63, 3.8) is 0 Å². The van der Waals surface area contributed by atoms with Gasteiger partial charge in [0.05, 0.1) is 13.0 Å². The van der Waals surface area contributed by atoms with Crippen molar-refractivity contribution in [1.29, 1.82) is 0 Å². The summed E-state index contributed by atoms with van der Waals surface area (Å²) in [5.74, 6) is 0.885. The van der Waals surface area contributed by atoms with Gasteiger partial charge in [0.1, 0.15) is 0 Å². The van der Waals surface area contributed by atoms with E-state index in [2.05, 4.69) is 10.3 Å². The molecule has 0 radical (unpaired) electrons. The normalized spacial score (nSPS) is 37.4. The van der Waals surface area contributed by atoms with Crippen molar-refractivity contribution in [2.45, 2.75) is 37.6 Å². The van der Waals surface area contributed by atoms with Crippen LogP contribution in [0, 0.1) is 23.7 Å². The molecule has 0 saturated heterocycles. The monoisotopic (exact) mass is 314 g/mol. The molecular formula is C18H22N2O3. The fraction of sp³-hybridized carbons (Fsp3) is 0.611. The Labute approximate surface area is 135 Å². The Morgan fingerprint density at radius 1 is 1.26 bits per heavy atom. The third-order valence-corrected chi connectivity index (χ3v) is 5.94. The number of methoxy groups -OCH3 is 1. The van der Waals surface area contributed by atoms with E-state index >= 15 is 0 Å². The van der Waals surface area contributed by atoms with E-state index < -0.39 is 0 Å². The molecule has 3 aliphatic carbocycles. The van der Waals surface area contributed by atoms with Crippen molar-refractivity contribution in [1.82, 2.24) is 10.3 Å². The van der Waals surface area contributed by atoms with Gasteiger partial charge in [-0.2, -0.15) is 0 Å². The first-order valence-electron chi connectivity index (χ1n) is 8.47. The van der Waals surface area contributed by atoms with Crippen LogP contribution in [0.1, 0.15) is 37.2 Å². The average molecular weight is 314 g/mol. The fourth-order valence-corrected chi connectivity index (χ4v) is 4.69. The zero-order valence-electron chi connectivity index (χ0n) is 13.3. The predicted octanol–water partition coefficient (Wildman–Crippen LogP) is 1.89. The number of nitrogens with one attached hydrogen (secondary N) is 1. The lowest BCUT2D eigenvalue weighted by Crippen LogP contribution is -2.47. The molecule has 3 aliphatic rings. The molecule has 0 unspecified atom stereocenters. The van der Waals surface area contributed by atoms with E-state index in [4.69, 9.17) is 4.74 Å². The average Bonchev–Trinajstić information content (AvgIpc) is 3.15. The summed E-state index contributed by atoms with van der Waals surface area (Å²) >= 11 is 0. The predicted molar refractivity (Wildman–Crippen MR) is 83.4 cm³/mol. The number of amides is 1. The number of nitrogens with zero attached hydrogens (tertiary/aromatic N) is 1. The lowest BCUT2D eigenvalue weighted by molar-refractivity contribution is -0.148. The first kappa shape index (κ1) is 14.7. The van der Waals surface area contributed by atoms with E-state index in [1.54, 1.807) is 6.20 Å². The summed E-state index contributed by atoms with van der Waals surface area (Å²) in [7, 11) is 1.44. The van der Waals surface area contributed by atoms with Gasteiger partial charge in [0, 0.05) is 24.4 Å². The number of carbonyl (C=O) groups is 2. The number of ether oxygens (including phenoxy) is 1. The molecule has 3 saturated carbocycles. The molecule has 4 rings (SSSR count). The molecule has 5 nitrogen and oxygen atoms in total. The van der Waals surface area contributed by atoms with Gasteiger partial charge in [-0.15, -0.1) is 0 Å². The zero-order chi connectivity index (χ0) is 16.0. The SMILES string of the molecule is COC(=O)[C@@H]1[C@H]2CC[C@@H](C2)[C@@H]1NC(=O)[C@H]1C[C@@H]1c1cccnc1. The van der Waals surface area contributed by atoms with Crippen LogP contribution in [0.2, 0.25) is 0 Å². The molecule has 0 spiro atoms. The van der Waals surface area contributed by atoms with Crippen molar-refractivity contribution < 1.29 is 14.3 Å². The Morgan fingerprint density at radius 2 is 2.09 bits per heavy atom. The first-order valence-corrected chi connectivity index (χ1v) is 8.47. The Morgan fingerprint density at radius 3 is 2.83 bits per heavy atom. The third-order valence-electron chi connectivity index (χ3n) is 5.94. The molecule has 1 heterocycles. The number of fused-ring (bicyclic) bond motifs is 2. The number of rotatable bonds is 4. The van der Waals surface area contributed by atoms with E-state index in [1.165, 1.54) is 7.11 Å². The van der Waals surface area contributed by atoms with E-state index in [-0.39, 0.29) is 35.7 Å². The quantitative estimate of drug-likeness (QED) is 0.862. The summed E-state index contributed by atoms with van der Waals surface area (Å²) in [6, 6.07) is 3.90. The van der Waals surface area contributed by atoms with Crippen molar-refractivity contribution in [2.24, 2.45) is 23.7 Å². The summed E-state index contributed by atoms with van der Waals surface area (Å²) in [5, 5.41) is 3.18. The second-order valence-electron chi connectivity index (χ2n) is 7.15. The third kappa shape index (κ3) is 2.52. The number of aromatic nitrogens is 1. The molecule has 1 aromatic rings. The molecule has 122 valence electrons. The van der Waals surface area contributed by atoms with Crippen molar-refractivity contribution in [3.8, 4) is 0 Å². The molecule has 1 amide bonds. The number of hydrogen-bond acceptors (Lipinski definition) is 4. The summed E-state index contributed by atoms with van der Waals surface area (Å²) in [6.45, 7) is 0. The van der Waals surface area contributed by atoms with Gasteiger partial charge < -0.3 is 10.1 Å². The van der Waals surface area contributed by atoms with Gasteiger partial charge in [-0.25, -0.2) is 0 Å². The van der Waals surface area contributed by atoms with Gasteiger partial charge in [-0.1, -0.05) is 6.07 Å². The van der Waals surface area contributed by atoms with Crippen LogP contribution in [0.15, 0.2) is 24.5 Å². The minimum absolute atomic E-state index is 0.0247. The smallest absolute Gasteiger partial charge is 0.311 e. The van der Waals surface area contributed by atoms with Gasteiger partial charge in [-0.05, 0) is 55.1 Å². The summed E-state index contributed by atoms with van der Waals surface area (Å²) in [6.07, 6.45) is 7.70. The number of esters is 1. The second kappa shape index (κ2) is 5.62. The van der Waals surface area contributed by atoms with E-state index in [1.807, 2.05) is 18.3 Å². The van der Waals surface area contributed by atoms with Crippen LogP contribution < -0.4 is 5.32 Å². The van der Waals surface area contributed by atoms with Gasteiger partial charge >= 0.3 is 5.97 Å². The highest BCUT2D eigenvalue weighted by atomic mass is 16.5. The lowest BCUT2D eigenvalue weighted by Gasteiger charge is -2.29. The Kier molecular flexibility index (Phi) is 3.58. The van der Waals surface area contributed by atoms with Crippen LogP contribution in [-0.2, 0) is 14.3 Å². The zero-order valence-corrected chi connectivity index (χ0v) is 13.3. The lowest BCUT2D eigenvalue weighted by atomic mass is 9.84. The van der Waals surface area contributed by atoms with Crippen LogP contribution in [0.3, 0.4) is 0 Å². The van der Waals surface area contributed by atoms with E-state index in [0.717, 1.165) is 31.2 Å². The summed E-state index contributed by atoms with van der Waals surface area (Å²) < 4.78 is 4.97. The Balaban J connectivity index is 1.42. The molecule has 5 heteroatoms. The molecule has 1 N–H and O–H groups in total. The van der Waals surface area contributed by atoms with E-state index in [9.17, 15) is 9.59 Å². The number of pyridine rings is 1. The van der Waals surface area contributed by atoms with Gasteiger partial charge in [0.15, 0.2) is 0 Å². The highest BCUT2D eigenvalue weighted by Gasteiger charge is 2.53. The van der Waals surface area contributed by atoms with Crippen LogP contribution >= 0.6 is 0 Å². The highest BCUT2D eigenvalue weighted by molar-refractivity contribution is 5.84. The highest BCUT2D eigenvalue weighted by Crippen LogP contribution is 2.51. The van der Waals surface area contributed by atoms with Crippen LogP contribution in [0.5, 0.6) is 0 Å². The fourth-order valence-electron chi connectivity index (χ4n) is 4.69. The molecular weight excluding hydrogens is 292 g/mol. The number of hydrogen-bond donors (Lipinski definition) is 1. The number of carbonyl (C=O) groups excluding carboxylic acids is 2. The van der Waals surface area contributed by atoms with E-state index in [0.29, 0.717) is 11.8 Å². The summed E-state index contributed by atoms with van der Waals surface area (Å²) in [5.41, 5.74) is 1.13. The molecule has 2 bridgehead atoms. The van der Waals surface area contributed by atoms with Crippen LogP contribution in [0.25, 0.3) is 0 Å². The molecule has 1 aromatic heterocycles. The van der Waals surface area contributed by atoms with Gasteiger partial charge in [0.2, 0.25) is 5.91 Å². The maximum Gasteiger partial charge on any atom is 0.311 e. The Bertz CT molecular complexity index is 618. The van der Waals surface area contributed by atoms with Gasteiger partial charge in [-0.3, -0.25) is 14.6 Å². The molecule has 0 aromatic carbocycles. The van der Waals surface area contributed by atoms with Crippen molar-refractivity contribution in [3.05, 3.63) is 30.1 Å². The topological polar surface area (TPSA) is 68.3 Å².